The van der Waals surface area contributed by atoms with Gasteiger partial charge in [-0.1, -0.05) is 41.9 Å². The number of aryl methyl sites for hydroxylation is 1. The van der Waals surface area contributed by atoms with Crippen molar-refractivity contribution >= 4 is 29.1 Å². The van der Waals surface area contributed by atoms with Crippen molar-refractivity contribution in [2.24, 2.45) is 14.1 Å². The van der Waals surface area contributed by atoms with E-state index in [-0.39, 0.29) is 17.5 Å². The van der Waals surface area contributed by atoms with Gasteiger partial charge in [0, 0.05) is 62.7 Å². The Morgan fingerprint density at radius 1 is 1.11 bits per heavy atom. The molecule has 2 aromatic heterocycles. The molecule has 2 amide bonds. The van der Waals surface area contributed by atoms with E-state index in [9.17, 15) is 19.2 Å². The van der Waals surface area contributed by atoms with E-state index < -0.39 is 17.2 Å². The Morgan fingerprint density at radius 3 is 2.57 bits per heavy atom. The van der Waals surface area contributed by atoms with Crippen LogP contribution in [0.15, 0.2) is 58.4 Å². The first-order chi connectivity index (χ1) is 21.1. The van der Waals surface area contributed by atoms with Crippen molar-refractivity contribution in [1.82, 2.24) is 29.7 Å². The quantitative estimate of drug-likeness (QED) is 0.260. The lowest BCUT2D eigenvalue weighted by Crippen LogP contribution is -2.40. The van der Waals surface area contributed by atoms with Crippen molar-refractivity contribution in [2.45, 2.75) is 32.4 Å². The second kappa shape index (κ2) is 12.8. The van der Waals surface area contributed by atoms with Crippen LogP contribution in [-0.4, -0.2) is 50.6 Å². The zero-order valence-electron chi connectivity index (χ0n) is 24.7. The van der Waals surface area contributed by atoms with Gasteiger partial charge in [0.15, 0.2) is 0 Å². The molecule has 5 rings (SSSR count). The fraction of sp³-hybridized carbons (Fsp3) is 0.290. The molecule has 44 heavy (non-hydrogen) atoms. The first-order valence-corrected chi connectivity index (χ1v) is 14.3. The second-order valence-corrected chi connectivity index (χ2v) is 10.9. The molecule has 1 atom stereocenters. The van der Waals surface area contributed by atoms with E-state index in [1.54, 1.807) is 18.3 Å². The van der Waals surface area contributed by atoms with Crippen LogP contribution in [-0.2, 0) is 25.4 Å². The van der Waals surface area contributed by atoms with Gasteiger partial charge in [0.2, 0.25) is 11.8 Å². The van der Waals surface area contributed by atoms with Gasteiger partial charge in [0.05, 0.1) is 24.0 Å². The molecule has 0 spiro atoms. The van der Waals surface area contributed by atoms with Gasteiger partial charge in [-0.15, -0.1) is 0 Å². The second-order valence-electron chi connectivity index (χ2n) is 10.5. The summed E-state index contributed by atoms with van der Waals surface area (Å²) in [6.45, 7) is 2.88. The Bertz CT molecular complexity index is 1880. The number of nitrogens with zero attached hydrogens (tertiary/aromatic N) is 4. The number of nitrogens with one attached hydrogen (secondary N) is 3. The zero-order chi connectivity index (χ0) is 31.5. The number of anilines is 1. The number of methoxy groups -OCH3 is 1. The van der Waals surface area contributed by atoms with Gasteiger partial charge in [-0.25, -0.2) is 9.78 Å². The molecular formula is C31H32ClN7O5. The highest BCUT2D eigenvalue weighted by atomic mass is 35.5. The average Bonchev–Trinajstić information content (AvgIpc) is 3.44. The van der Waals surface area contributed by atoms with Gasteiger partial charge in [0.25, 0.3) is 11.5 Å². The first-order valence-electron chi connectivity index (χ1n) is 14.0. The number of carbonyl (C=O) groups is 2. The summed E-state index contributed by atoms with van der Waals surface area (Å²) in [4.78, 5) is 58.4. The van der Waals surface area contributed by atoms with Gasteiger partial charge in [-0.05, 0) is 30.5 Å². The van der Waals surface area contributed by atoms with Crippen LogP contribution in [0.25, 0.3) is 22.4 Å². The molecule has 0 radical (unpaired) electrons. The average molecular weight is 618 g/mol. The highest BCUT2D eigenvalue weighted by Crippen LogP contribution is 2.39. The Hall–Kier alpha value is -4.81. The van der Waals surface area contributed by atoms with E-state index >= 15 is 0 Å². The fourth-order valence-corrected chi connectivity index (χ4v) is 5.49. The van der Waals surface area contributed by atoms with Gasteiger partial charge in [0.1, 0.15) is 11.3 Å². The molecule has 4 aromatic rings. The maximum Gasteiger partial charge on any atom is 0.330 e. The van der Waals surface area contributed by atoms with Crippen LogP contribution in [0.4, 0.5) is 5.69 Å². The molecule has 0 saturated carbocycles. The molecule has 0 unspecified atom stereocenters. The number of halogens is 1. The van der Waals surface area contributed by atoms with Crippen molar-refractivity contribution in [3.63, 3.8) is 0 Å². The number of rotatable bonds is 9. The van der Waals surface area contributed by atoms with Crippen molar-refractivity contribution in [1.29, 1.82) is 0 Å². The molecule has 2 aromatic carbocycles. The third kappa shape index (κ3) is 6.12. The predicted octanol–water partition coefficient (Wildman–Crippen LogP) is 2.80. The maximum absolute atomic E-state index is 13.1. The smallest absolute Gasteiger partial charge is 0.330 e. The van der Waals surface area contributed by atoms with E-state index in [4.69, 9.17) is 16.3 Å². The van der Waals surface area contributed by atoms with Crippen LogP contribution in [0.3, 0.4) is 0 Å². The van der Waals surface area contributed by atoms with Crippen LogP contribution in [0, 0.1) is 6.92 Å². The molecule has 0 aliphatic carbocycles. The van der Waals surface area contributed by atoms with Crippen molar-refractivity contribution in [2.75, 3.05) is 19.0 Å². The van der Waals surface area contributed by atoms with E-state index in [1.165, 1.54) is 32.0 Å². The van der Waals surface area contributed by atoms with Crippen LogP contribution in [0.1, 0.15) is 34.5 Å². The number of hydrogen-bond donors (Lipinski definition) is 3. The van der Waals surface area contributed by atoms with Crippen LogP contribution in [0.2, 0.25) is 5.02 Å². The summed E-state index contributed by atoms with van der Waals surface area (Å²) in [7, 11) is 4.33. The number of aromatic nitrogens is 4. The van der Waals surface area contributed by atoms with Crippen LogP contribution in [0.5, 0.6) is 5.88 Å². The van der Waals surface area contributed by atoms with Gasteiger partial charge in [-0.2, -0.15) is 0 Å². The summed E-state index contributed by atoms with van der Waals surface area (Å²) in [5, 5.41) is 9.46. The summed E-state index contributed by atoms with van der Waals surface area (Å²) in [6.07, 6.45) is 4.21. The van der Waals surface area contributed by atoms with E-state index in [2.05, 4.69) is 25.9 Å². The van der Waals surface area contributed by atoms with Gasteiger partial charge < -0.3 is 25.3 Å². The summed E-state index contributed by atoms with van der Waals surface area (Å²) in [5.74, 6) is -0.207. The standard InChI is InChI=1S/C31H32ClN7O5/c1-17-19(7-6-10-23(17)36-28(41)22-16-38(2)31(43)39(3)30(22)42)20-8-5-9-21(27(20)32)24-15-34-25(29(37-24)44-4)14-33-13-18-11-12-26(40)35-18/h5-10,15-16,18,33H,11-14H2,1-4H3,(H,35,40)(H,36,41)/t18-/m0/s1. The highest BCUT2D eigenvalue weighted by molar-refractivity contribution is 6.36. The Balaban J connectivity index is 1.40. The SMILES string of the molecule is COc1nc(-c2cccc(-c3cccc(NC(=O)c4cn(C)c(=O)n(C)c4=O)c3C)c2Cl)cnc1CNC[C@@H]1CCC(=O)N1. The minimum absolute atomic E-state index is 0.0673. The highest BCUT2D eigenvalue weighted by Gasteiger charge is 2.21. The molecule has 1 fully saturated rings. The first kappa shape index (κ1) is 30.6. The molecule has 3 heterocycles. The number of ether oxygens (including phenoxy) is 1. The summed E-state index contributed by atoms with van der Waals surface area (Å²) in [5.41, 5.74) is 3.11. The number of amides is 2. The Kier molecular flexibility index (Phi) is 8.93. The monoisotopic (exact) mass is 617 g/mol. The molecule has 228 valence electrons. The van der Waals surface area contributed by atoms with Crippen LogP contribution >= 0.6 is 11.6 Å². The maximum atomic E-state index is 13.1. The molecule has 1 aliphatic heterocycles. The molecule has 13 heteroatoms. The number of hydrogen-bond acceptors (Lipinski definition) is 8. The zero-order valence-corrected chi connectivity index (χ0v) is 25.5. The third-order valence-electron chi connectivity index (χ3n) is 7.61. The Labute approximate surface area is 258 Å². The van der Waals surface area contributed by atoms with E-state index in [1.807, 2.05) is 31.2 Å². The lowest BCUT2D eigenvalue weighted by molar-refractivity contribution is -0.119. The molecule has 3 N–H and O–H groups in total. The normalized spacial score (nSPS) is 14.4. The lowest BCUT2D eigenvalue weighted by Gasteiger charge is -2.16. The predicted molar refractivity (Wildman–Crippen MR) is 167 cm³/mol. The molecular weight excluding hydrogens is 586 g/mol. The number of benzene rings is 2. The summed E-state index contributed by atoms with van der Waals surface area (Å²) >= 11 is 6.96. The van der Waals surface area contributed by atoms with Crippen molar-refractivity contribution < 1.29 is 14.3 Å². The van der Waals surface area contributed by atoms with Gasteiger partial charge >= 0.3 is 5.69 Å². The van der Waals surface area contributed by atoms with E-state index in [0.29, 0.717) is 58.6 Å². The van der Waals surface area contributed by atoms with Gasteiger partial charge in [-0.3, -0.25) is 23.9 Å². The molecule has 0 bridgehead atoms. The Morgan fingerprint density at radius 2 is 1.84 bits per heavy atom. The minimum atomic E-state index is -0.684. The summed E-state index contributed by atoms with van der Waals surface area (Å²) in [6, 6.07) is 11.0. The minimum Gasteiger partial charge on any atom is -0.480 e. The fourth-order valence-electron chi connectivity index (χ4n) is 5.16. The van der Waals surface area contributed by atoms with E-state index in [0.717, 1.165) is 22.1 Å². The van der Waals surface area contributed by atoms with Crippen molar-refractivity contribution in [3.05, 3.63) is 91.5 Å². The molecule has 1 saturated heterocycles. The number of carbonyl (C=O) groups excluding carboxylic acids is 2. The topological polar surface area (TPSA) is 149 Å². The van der Waals surface area contributed by atoms with Crippen molar-refractivity contribution in [3.8, 4) is 28.3 Å². The largest absolute Gasteiger partial charge is 0.480 e. The third-order valence-corrected chi connectivity index (χ3v) is 8.02. The summed E-state index contributed by atoms with van der Waals surface area (Å²) < 4.78 is 7.60. The molecule has 1 aliphatic rings. The van der Waals surface area contributed by atoms with Crippen LogP contribution < -0.4 is 31.9 Å². The molecule has 12 nitrogen and oxygen atoms in total. The lowest BCUT2D eigenvalue weighted by atomic mass is 9.96.